The predicted octanol–water partition coefficient (Wildman–Crippen LogP) is 2.11. The zero-order valence-corrected chi connectivity index (χ0v) is 8.41. The van der Waals surface area contributed by atoms with Crippen LogP contribution in [0.1, 0.15) is 19.8 Å². The minimum atomic E-state index is -2.34. The Kier molecular flexibility index (Phi) is 4.48. The number of nitrogens with one attached hydrogen (secondary N) is 1. The van der Waals surface area contributed by atoms with Crippen molar-refractivity contribution in [2.45, 2.75) is 32.2 Å². The normalized spacial score (nSPS) is 26.5. The molecule has 0 bridgehead atoms. The molecule has 1 atom stereocenters. The molecular weight excluding hydrogens is 194 g/mol. The lowest BCUT2D eigenvalue weighted by Crippen LogP contribution is -2.37. The van der Waals surface area contributed by atoms with Gasteiger partial charge in [-0.25, -0.2) is 8.78 Å². The third-order valence-electron chi connectivity index (χ3n) is 1.90. The van der Waals surface area contributed by atoms with Gasteiger partial charge < -0.3 is 5.32 Å². The molecule has 76 valence electrons. The number of alkyl halides is 2. The average Bonchev–Trinajstić information content (AvgIpc) is 2.15. The Morgan fingerprint density at radius 3 is 3.08 bits per heavy atom. The summed E-state index contributed by atoms with van der Waals surface area (Å²) in [6.45, 7) is 1.70. The van der Waals surface area contributed by atoms with Gasteiger partial charge in [0.15, 0.2) is 5.17 Å². The van der Waals surface area contributed by atoms with E-state index in [4.69, 9.17) is 0 Å². The van der Waals surface area contributed by atoms with E-state index in [0.29, 0.717) is 11.2 Å². The fourth-order valence-electron chi connectivity index (χ4n) is 1.14. The molecule has 1 aliphatic rings. The molecule has 0 saturated carbocycles. The number of aliphatic imine (C=N–C) groups is 1. The summed E-state index contributed by atoms with van der Waals surface area (Å²) < 4.78 is 23.6. The van der Waals surface area contributed by atoms with Crippen LogP contribution in [0.3, 0.4) is 0 Å². The Balaban J connectivity index is 2.36. The first-order chi connectivity index (χ1) is 6.22. The minimum absolute atomic E-state index is 0.383. The fourth-order valence-corrected chi connectivity index (χ4v) is 2.15. The quantitative estimate of drug-likeness (QED) is 0.768. The first kappa shape index (κ1) is 10.8. The summed E-state index contributed by atoms with van der Waals surface area (Å²) in [7, 11) is 0. The highest BCUT2D eigenvalue weighted by Gasteiger charge is 2.15. The fraction of sp³-hybridized carbons (Fsp3) is 0.875. The van der Waals surface area contributed by atoms with Crippen LogP contribution in [0.4, 0.5) is 8.78 Å². The molecule has 2 nitrogen and oxygen atoms in total. The van der Waals surface area contributed by atoms with Crippen LogP contribution >= 0.6 is 11.8 Å². The van der Waals surface area contributed by atoms with E-state index in [0.717, 1.165) is 18.6 Å². The number of thioether (sulfide) groups is 1. The SMILES string of the molecule is CCC1CCSC(=NCC(F)F)N1. The van der Waals surface area contributed by atoms with Crippen molar-refractivity contribution in [3.8, 4) is 0 Å². The van der Waals surface area contributed by atoms with Crippen molar-refractivity contribution in [3.63, 3.8) is 0 Å². The van der Waals surface area contributed by atoms with Gasteiger partial charge in [0.05, 0.1) is 0 Å². The second kappa shape index (κ2) is 5.42. The summed E-state index contributed by atoms with van der Waals surface area (Å²) in [4.78, 5) is 3.80. The van der Waals surface area contributed by atoms with E-state index in [1.54, 1.807) is 0 Å². The van der Waals surface area contributed by atoms with Gasteiger partial charge in [-0.2, -0.15) is 0 Å². The molecule has 5 heteroatoms. The van der Waals surface area contributed by atoms with E-state index in [1.165, 1.54) is 11.8 Å². The summed E-state index contributed by atoms with van der Waals surface area (Å²) >= 11 is 1.53. The van der Waals surface area contributed by atoms with Crippen LogP contribution in [0, 0.1) is 0 Å². The highest BCUT2D eigenvalue weighted by molar-refractivity contribution is 8.13. The van der Waals surface area contributed by atoms with E-state index < -0.39 is 6.43 Å². The van der Waals surface area contributed by atoms with Crippen LogP contribution in [-0.4, -0.2) is 29.9 Å². The van der Waals surface area contributed by atoms with Crippen LogP contribution in [0.25, 0.3) is 0 Å². The molecule has 0 amide bonds. The Bertz CT molecular complexity index is 185. The number of halogens is 2. The molecule has 0 spiro atoms. The van der Waals surface area contributed by atoms with Crippen molar-refractivity contribution in [1.29, 1.82) is 0 Å². The van der Waals surface area contributed by atoms with Crippen molar-refractivity contribution in [2.75, 3.05) is 12.3 Å². The lowest BCUT2D eigenvalue weighted by Gasteiger charge is -2.24. The van der Waals surface area contributed by atoms with Gasteiger partial charge in [-0.05, 0) is 12.8 Å². The molecule has 0 radical (unpaired) electrons. The summed E-state index contributed by atoms with van der Waals surface area (Å²) in [6, 6.07) is 0.415. The van der Waals surface area contributed by atoms with E-state index in [1.807, 2.05) is 0 Å². The second-order valence-corrected chi connectivity index (χ2v) is 4.01. The third-order valence-corrected chi connectivity index (χ3v) is 2.86. The van der Waals surface area contributed by atoms with Crippen LogP contribution in [0.5, 0.6) is 0 Å². The zero-order chi connectivity index (χ0) is 9.68. The lowest BCUT2D eigenvalue weighted by atomic mass is 10.2. The van der Waals surface area contributed by atoms with Gasteiger partial charge in [0.25, 0.3) is 6.43 Å². The highest BCUT2D eigenvalue weighted by atomic mass is 32.2. The largest absolute Gasteiger partial charge is 0.362 e. The van der Waals surface area contributed by atoms with E-state index in [2.05, 4.69) is 17.2 Å². The van der Waals surface area contributed by atoms with Crippen molar-refractivity contribution < 1.29 is 8.78 Å². The molecule has 0 aromatic carbocycles. The van der Waals surface area contributed by atoms with Gasteiger partial charge in [0, 0.05) is 11.8 Å². The molecule has 1 N–H and O–H groups in total. The molecular formula is C8H14F2N2S. The Morgan fingerprint density at radius 1 is 1.69 bits per heavy atom. The van der Waals surface area contributed by atoms with E-state index in [9.17, 15) is 8.78 Å². The minimum Gasteiger partial charge on any atom is -0.362 e. The van der Waals surface area contributed by atoms with Crippen LogP contribution in [0.15, 0.2) is 4.99 Å². The number of amidine groups is 1. The van der Waals surface area contributed by atoms with Gasteiger partial charge in [-0.1, -0.05) is 18.7 Å². The average molecular weight is 208 g/mol. The van der Waals surface area contributed by atoms with Crippen LogP contribution < -0.4 is 5.32 Å². The van der Waals surface area contributed by atoms with Crippen molar-refractivity contribution in [3.05, 3.63) is 0 Å². The van der Waals surface area contributed by atoms with Crippen LogP contribution in [-0.2, 0) is 0 Å². The van der Waals surface area contributed by atoms with Gasteiger partial charge in [0.2, 0.25) is 0 Å². The zero-order valence-electron chi connectivity index (χ0n) is 7.59. The predicted molar refractivity (Wildman–Crippen MR) is 52.6 cm³/mol. The van der Waals surface area contributed by atoms with Crippen molar-refractivity contribution in [1.82, 2.24) is 5.32 Å². The topological polar surface area (TPSA) is 24.4 Å². The Labute approximate surface area is 81.2 Å². The maximum absolute atomic E-state index is 11.8. The third kappa shape index (κ3) is 3.93. The number of hydrogen-bond acceptors (Lipinski definition) is 2. The van der Waals surface area contributed by atoms with Gasteiger partial charge in [0.1, 0.15) is 6.54 Å². The van der Waals surface area contributed by atoms with Gasteiger partial charge >= 0.3 is 0 Å². The first-order valence-corrected chi connectivity index (χ1v) is 5.43. The Hall–Kier alpha value is -0.320. The maximum atomic E-state index is 11.8. The molecule has 0 aromatic rings. The molecule has 13 heavy (non-hydrogen) atoms. The summed E-state index contributed by atoms with van der Waals surface area (Å²) in [6.07, 6.45) is -0.222. The molecule has 1 unspecified atom stereocenters. The highest BCUT2D eigenvalue weighted by Crippen LogP contribution is 2.15. The van der Waals surface area contributed by atoms with E-state index in [-0.39, 0.29) is 6.54 Å². The Morgan fingerprint density at radius 2 is 2.46 bits per heavy atom. The molecule has 0 aromatic heterocycles. The molecule has 1 saturated heterocycles. The molecule has 1 fully saturated rings. The van der Waals surface area contributed by atoms with Gasteiger partial charge in [-0.3, -0.25) is 4.99 Å². The standard InChI is InChI=1S/C8H14F2N2S/c1-2-6-3-4-13-8(12-6)11-5-7(9)10/h6-7H,2-5H2,1H3,(H,11,12). The summed E-state index contributed by atoms with van der Waals surface area (Å²) in [5.74, 6) is 0.980. The number of hydrogen-bond donors (Lipinski definition) is 1. The summed E-state index contributed by atoms with van der Waals surface area (Å²) in [5.41, 5.74) is 0. The number of nitrogens with zero attached hydrogens (tertiary/aromatic N) is 1. The maximum Gasteiger partial charge on any atom is 0.257 e. The van der Waals surface area contributed by atoms with Crippen LogP contribution in [0.2, 0.25) is 0 Å². The molecule has 1 rings (SSSR count). The second-order valence-electron chi connectivity index (χ2n) is 2.92. The van der Waals surface area contributed by atoms with E-state index >= 15 is 0 Å². The van der Waals surface area contributed by atoms with Crippen molar-refractivity contribution >= 4 is 16.9 Å². The van der Waals surface area contributed by atoms with Gasteiger partial charge in [-0.15, -0.1) is 0 Å². The molecule has 1 aliphatic heterocycles. The monoisotopic (exact) mass is 208 g/mol. The van der Waals surface area contributed by atoms with Crippen molar-refractivity contribution in [2.24, 2.45) is 4.99 Å². The number of rotatable bonds is 3. The molecule has 1 heterocycles. The summed E-state index contributed by atoms with van der Waals surface area (Å²) in [5, 5.41) is 3.82. The smallest absolute Gasteiger partial charge is 0.257 e. The first-order valence-electron chi connectivity index (χ1n) is 4.44. The molecule has 0 aliphatic carbocycles. The lowest BCUT2D eigenvalue weighted by molar-refractivity contribution is 0.158.